The average Bonchev–Trinajstić information content (AvgIpc) is 1.95. The molecule has 0 spiro atoms. The Morgan fingerprint density at radius 2 is 2.09 bits per heavy atom. The van der Waals surface area contributed by atoms with Gasteiger partial charge in [-0.05, 0) is 38.4 Å². The van der Waals surface area contributed by atoms with Gasteiger partial charge in [-0.25, -0.2) is 0 Å². The van der Waals surface area contributed by atoms with Gasteiger partial charge in [-0.1, -0.05) is 6.07 Å². The molecule has 2 heteroatoms. The zero-order chi connectivity index (χ0) is 8.27. The highest BCUT2D eigenvalue weighted by Crippen LogP contribution is 2.05. The summed E-state index contributed by atoms with van der Waals surface area (Å²) >= 11 is 0. The summed E-state index contributed by atoms with van der Waals surface area (Å²) in [5.41, 5.74) is 8.88. The van der Waals surface area contributed by atoms with Crippen LogP contribution >= 0.6 is 0 Å². The second-order valence-corrected chi connectivity index (χ2v) is 2.74. The maximum absolute atomic E-state index is 5.44. The molecule has 1 aromatic rings. The smallest absolute Gasteiger partial charge is 0.0408 e. The van der Waals surface area contributed by atoms with Gasteiger partial charge in [0.15, 0.2) is 0 Å². The largest absolute Gasteiger partial charge is 0.330 e. The first-order valence-electron chi connectivity index (χ1n) is 3.87. The summed E-state index contributed by atoms with van der Waals surface area (Å²) in [7, 11) is 0. The van der Waals surface area contributed by atoms with Crippen LogP contribution in [0.25, 0.3) is 0 Å². The number of pyridine rings is 1. The maximum atomic E-state index is 5.44. The third-order valence-corrected chi connectivity index (χ3v) is 1.75. The third kappa shape index (κ3) is 2.02. The van der Waals surface area contributed by atoms with E-state index in [1.165, 1.54) is 5.56 Å². The lowest BCUT2D eigenvalue weighted by Crippen LogP contribution is -2.05. The van der Waals surface area contributed by atoms with Crippen molar-refractivity contribution in [3.05, 3.63) is 29.1 Å². The lowest BCUT2D eigenvalue weighted by molar-refractivity contribution is 0.932. The lowest BCUT2D eigenvalue weighted by atomic mass is 10.1. The summed E-state index contributed by atoms with van der Waals surface area (Å²) in [5.74, 6) is 0. The summed E-state index contributed by atoms with van der Waals surface area (Å²) in [4.78, 5) is 4.34. The van der Waals surface area contributed by atoms with E-state index in [0.29, 0.717) is 6.54 Å². The van der Waals surface area contributed by atoms with Crippen molar-refractivity contribution in [2.24, 2.45) is 5.73 Å². The minimum atomic E-state index is 0.700. The Bertz CT molecular complexity index is 243. The van der Waals surface area contributed by atoms with Gasteiger partial charge < -0.3 is 5.73 Å². The molecule has 1 aromatic heterocycles. The second kappa shape index (κ2) is 3.49. The minimum absolute atomic E-state index is 0.700. The predicted octanol–water partition coefficient (Wildman–Crippen LogP) is 1.20. The first-order valence-corrected chi connectivity index (χ1v) is 3.87. The number of nitrogens with two attached hydrogens (primary N) is 1. The van der Waals surface area contributed by atoms with Crippen LogP contribution in [0.15, 0.2) is 12.1 Å². The molecule has 0 bridgehead atoms. The van der Waals surface area contributed by atoms with E-state index in [9.17, 15) is 0 Å². The highest BCUT2D eigenvalue weighted by atomic mass is 14.7. The van der Waals surface area contributed by atoms with Crippen molar-refractivity contribution in [3.63, 3.8) is 0 Å². The van der Waals surface area contributed by atoms with Crippen molar-refractivity contribution in [1.82, 2.24) is 4.98 Å². The van der Waals surface area contributed by atoms with Crippen LogP contribution in [0.2, 0.25) is 0 Å². The molecular formula is C9H14N2. The van der Waals surface area contributed by atoms with Gasteiger partial charge in [0.1, 0.15) is 0 Å². The molecule has 2 nitrogen and oxygen atoms in total. The molecule has 0 amide bonds. The maximum Gasteiger partial charge on any atom is 0.0408 e. The highest BCUT2D eigenvalue weighted by molar-refractivity contribution is 5.21. The number of aryl methyl sites for hydroxylation is 2. The Balaban J connectivity index is 2.90. The van der Waals surface area contributed by atoms with Crippen LogP contribution < -0.4 is 5.73 Å². The highest BCUT2D eigenvalue weighted by Gasteiger charge is 1.97. The van der Waals surface area contributed by atoms with E-state index in [0.717, 1.165) is 17.8 Å². The SMILES string of the molecule is Cc1ccc(CCN)c(C)n1. The van der Waals surface area contributed by atoms with Crippen LogP contribution in [-0.4, -0.2) is 11.5 Å². The summed E-state index contributed by atoms with van der Waals surface area (Å²) in [5, 5.41) is 0. The van der Waals surface area contributed by atoms with Gasteiger partial charge in [0.2, 0.25) is 0 Å². The number of rotatable bonds is 2. The molecule has 0 radical (unpaired) electrons. The summed E-state index contributed by atoms with van der Waals surface area (Å²) < 4.78 is 0. The van der Waals surface area contributed by atoms with Crippen molar-refractivity contribution in [2.45, 2.75) is 20.3 Å². The molecule has 0 aliphatic carbocycles. The number of aromatic nitrogens is 1. The Kier molecular flexibility index (Phi) is 2.60. The van der Waals surface area contributed by atoms with Gasteiger partial charge in [0, 0.05) is 11.4 Å². The molecule has 0 aliphatic heterocycles. The van der Waals surface area contributed by atoms with Crippen LogP contribution in [0.5, 0.6) is 0 Å². The number of nitrogens with zero attached hydrogens (tertiary/aromatic N) is 1. The standard InChI is InChI=1S/C9H14N2/c1-7-3-4-9(5-6-10)8(2)11-7/h3-4H,5-6,10H2,1-2H3. The van der Waals surface area contributed by atoms with Crippen molar-refractivity contribution in [3.8, 4) is 0 Å². The molecular weight excluding hydrogens is 136 g/mol. The molecule has 0 fully saturated rings. The monoisotopic (exact) mass is 150 g/mol. The van der Waals surface area contributed by atoms with Gasteiger partial charge in [-0.15, -0.1) is 0 Å². The van der Waals surface area contributed by atoms with Gasteiger partial charge in [0.05, 0.1) is 0 Å². The lowest BCUT2D eigenvalue weighted by Gasteiger charge is -2.03. The Morgan fingerprint density at radius 1 is 1.36 bits per heavy atom. The van der Waals surface area contributed by atoms with Gasteiger partial charge >= 0.3 is 0 Å². The van der Waals surface area contributed by atoms with E-state index in [2.05, 4.69) is 11.1 Å². The molecule has 1 heterocycles. The normalized spacial score (nSPS) is 10.1. The first-order chi connectivity index (χ1) is 5.24. The zero-order valence-electron chi connectivity index (χ0n) is 7.09. The van der Waals surface area contributed by atoms with Gasteiger partial charge in [-0.3, -0.25) is 4.98 Å². The van der Waals surface area contributed by atoms with Crippen molar-refractivity contribution < 1.29 is 0 Å². The predicted molar refractivity (Wildman–Crippen MR) is 46.5 cm³/mol. The average molecular weight is 150 g/mol. The molecule has 0 aliphatic rings. The Hall–Kier alpha value is -0.890. The summed E-state index contributed by atoms with van der Waals surface area (Å²) in [6.07, 6.45) is 0.930. The third-order valence-electron chi connectivity index (χ3n) is 1.75. The fraction of sp³-hybridized carbons (Fsp3) is 0.444. The van der Waals surface area contributed by atoms with Gasteiger partial charge in [-0.2, -0.15) is 0 Å². The van der Waals surface area contributed by atoms with Crippen molar-refractivity contribution >= 4 is 0 Å². The topological polar surface area (TPSA) is 38.9 Å². The minimum Gasteiger partial charge on any atom is -0.330 e. The molecule has 0 unspecified atom stereocenters. The van der Waals surface area contributed by atoms with E-state index in [1.54, 1.807) is 0 Å². The van der Waals surface area contributed by atoms with Crippen LogP contribution in [0, 0.1) is 13.8 Å². The molecule has 0 saturated heterocycles. The summed E-state index contributed by atoms with van der Waals surface area (Å²) in [6.45, 7) is 4.72. The van der Waals surface area contributed by atoms with E-state index in [-0.39, 0.29) is 0 Å². The first kappa shape index (κ1) is 8.21. The molecule has 11 heavy (non-hydrogen) atoms. The fourth-order valence-corrected chi connectivity index (χ4v) is 1.14. The molecule has 1 rings (SSSR count). The van der Waals surface area contributed by atoms with Crippen molar-refractivity contribution in [1.29, 1.82) is 0 Å². The quantitative estimate of drug-likeness (QED) is 0.688. The second-order valence-electron chi connectivity index (χ2n) is 2.74. The van der Waals surface area contributed by atoms with E-state index in [4.69, 9.17) is 5.73 Å². The van der Waals surface area contributed by atoms with Gasteiger partial charge in [0.25, 0.3) is 0 Å². The number of hydrogen-bond donors (Lipinski definition) is 1. The van der Waals surface area contributed by atoms with Crippen LogP contribution in [-0.2, 0) is 6.42 Å². The molecule has 0 aromatic carbocycles. The van der Waals surface area contributed by atoms with Crippen LogP contribution in [0.1, 0.15) is 17.0 Å². The zero-order valence-corrected chi connectivity index (χ0v) is 7.09. The molecule has 0 atom stereocenters. The van der Waals surface area contributed by atoms with Crippen molar-refractivity contribution in [2.75, 3.05) is 6.54 Å². The molecule has 2 N–H and O–H groups in total. The Labute approximate surface area is 67.5 Å². The van der Waals surface area contributed by atoms with Crippen LogP contribution in [0.3, 0.4) is 0 Å². The fourth-order valence-electron chi connectivity index (χ4n) is 1.14. The molecule has 0 saturated carbocycles. The Morgan fingerprint density at radius 3 is 2.64 bits per heavy atom. The molecule has 60 valence electrons. The van der Waals surface area contributed by atoms with E-state index in [1.807, 2.05) is 19.9 Å². The van der Waals surface area contributed by atoms with Crippen LogP contribution in [0.4, 0.5) is 0 Å². The number of hydrogen-bond acceptors (Lipinski definition) is 2. The van der Waals surface area contributed by atoms with E-state index < -0.39 is 0 Å². The summed E-state index contributed by atoms with van der Waals surface area (Å²) in [6, 6.07) is 4.13. The van der Waals surface area contributed by atoms with E-state index >= 15 is 0 Å².